The molecule has 0 atom stereocenters. The number of carbonyl (C=O) groups excluding carboxylic acids is 1. The number of anilines is 2. The number of benzene rings is 3. The fraction of sp³-hybridized carbons (Fsp3) is 0.0556. The first-order valence-electron chi connectivity index (χ1n) is 7.64. The van der Waals surface area contributed by atoms with Crippen molar-refractivity contribution >= 4 is 49.7 Å². The molecule has 1 heterocycles. The molecule has 0 bridgehead atoms. The SMILES string of the molecule is COc1ccc(Cl)c(NS(=O)(=O)c2ccc3c4c(cccc24)C(=O)N3)c1. The lowest BCUT2D eigenvalue weighted by atomic mass is 10.1. The van der Waals surface area contributed by atoms with Crippen LogP contribution in [0.1, 0.15) is 10.4 Å². The Hall–Kier alpha value is -2.77. The summed E-state index contributed by atoms with van der Waals surface area (Å²) >= 11 is 6.11. The van der Waals surface area contributed by atoms with E-state index in [4.69, 9.17) is 16.3 Å². The van der Waals surface area contributed by atoms with Crippen LogP contribution in [-0.2, 0) is 10.0 Å². The van der Waals surface area contributed by atoms with Crippen LogP contribution in [0.5, 0.6) is 5.75 Å². The number of hydrogen-bond acceptors (Lipinski definition) is 4. The van der Waals surface area contributed by atoms with Gasteiger partial charge >= 0.3 is 0 Å². The number of halogens is 1. The average Bonchev–Trinajstić information content (AvgIpc) is 2.94. The predicted molar refractivity (Wildman–Crippen MR) is 101 cm³/mol. The highest BCUT2D eigenvalue weighted by Gasteiger charge is 2.26. The van der Waals surface area contributed by atoms with Gasteiger partial charge in [0.25, 0.3) is 15.9 Å². The zero-order chi connectivity index (χ0) is 18.5. The number of amides is 1. The molecule has 1 aliphatic rings. The topological polar surface area (TPSA) is 84.5 Å². The number of hydrogen-bond donors (Lipinski definition) is 2. The predicted octanol–water partition coefficient (Wildman–Crippen LogP) is 3.87. The van der Waals surface area contributed by atoms with E-state index < -0.39 is 10.0 Å². The highest BCUT2D eigenvalue weighted by molar-refractivity contribution is 7.93. The first kappa shape index (κ1) is 16.7. The first-order valence-corrected chi connectivity index (χ1v) is 9.50. The first-order chi connectivity index (χ1) is 12.4. The molecule has 2 N–H and O–H groups in total. The Morgan fingerprint density at radius 2 is 1.92 bits per heavy atom. The molecular weight excluding hydrogens is 376 g/mol. The summed E-state index contributed by atoms with van der Waals surface area (Å²) in [5.41, 5.74) is 1.26. The van der Waals surface area contributed by atoms with E-state index in [1.165, 1.54) is 19.2 Å². The Bertz CT molecular complexity index is 1180. The molecule has 4 rings (SSSR count). The molecule has 6 nitrogen and oxygen atoms in total. The van der Waals surface area contributed by atoms with Gasteiger partial charge in [-0.2, -0.15) is 0 Å². The maximum Gasteiger partial charge on any atom is 0.262 e. The second kappa shape index (κ2) is 5.89. The minimum atomic E-state index is -3.94. The monoisotopic (exact) mass is 388 g/mol. The van der Waals surface area contributed by atoms with Crippen LogP contribution in [0.3, 0.4) is 0 Å². The molecule has 3 aromatic rings. The number of methoxy groups -OCH3 is 1. The van der Waals surface area contributed by atoms with Gasteiger partial charge in [0.15, 0.2) is 0 Å². The highest BCUT2D eigenvalue weighted by atomic mass is 35.5. The lowest BCUT2D eigenvalue weighted by molar-refractivity contribution is 0.103. The molecule has 0 saturated carbocycles. The van der Waals surface area contributed by atoms with E-state index in [-0.39, 0.29) is 21.5 Å². The van der Waals surface area contributed by atoms with Crippen LogP contribution < -0.4 is 14.8 Å². The molecule has 8 heteroatoms. The van der Waals surface area contributed by atoms with E-state index in [9.17, 15) is 13.2 Å². The van der Waals surface area contributed by atoms with Crippen molar-refractivity contribution in [3.05, 3.63) is 59.1 Å². The van der Waals surface area contributed by atoms with Crippen molar-refractivity contribution in [2.24, 2.45) is 0 Å². The molecule has 1 aliphatic heterocycles. The summed E-state index contributed by atoms with van der Waals surface area (Å²) < 4.78 is 33.6. The summed E-state index contributed by atoms with van der Waals surface area (Å²) in [4.78, 5) is 12.1. The van der Waals surface area contributed by atoms with E-state index in [0.717, 1.165) is 0 Å². The van der Waals surface area contributed by atoms with E-state index >= 15 is 0 Å². The molecule has 0 fully saturated rings. The van der Waals surface area contributed by atoms with Gasteiger partial charge in [0.1, 0.15) is 5.75 Å². The molecule has 1 amide bonds. The number of nitrogens with one attached hydrogen (secondary N) is 2. The molecule has 0 radical (unpaired) electrons. The van der Waals surface area contributed by atoms with Gasteiger partial charge in [-0.25, -0.2) is 8.42 Å². The van der Waals surface area contributed by atoms with E-state index in [1.54, 1.807) is 36.4 Å². The third-order valence-corrected chi connectivity index (χ3v) is 5.95. The van der Waals surface area contributed by atoms with Gasteiger partial charge in [0.05, 0.1) is 22.7 Å². The number of ether oxygens (including phenoxy) is 1. The maximum absolute atomic E-state index is 13.0. The zero-order valence-corrected chi connectivity index (χ0v) is 15.1. The van der Waals surface area contributed by atoms with E-state index in [2.05, 4.69) is 10.0 Å². The van der Waals surface area contributed by atoms with Crippen molar-refractivity contribution in [1.29, 1.82) is 0 Å². The highest BCUT2D eigenvalue weighted by Crippen LogP contribution is 2.37. The van der Waals surface area contributed by atoms with Crippen LogP contribution in [0.2, 0.25) is 5.02 Å². The third-order valence-electron chi connectivity index (χ3n) is 4.20. The largest absolute Gasteiger partial charge is 0.497 e. The van der Waals surface area contributed by atoms with Crippen LogP contribution in [0.15, 0.2) is 53.4 Å². The summed E-state index contributed by atoms with van der Waals surface area (Å²) in [6.45, 7) is 0. The smallest absolute Gasteiger partial charge is 0.262 e. The quantitative estimate of drug-likeness (QED) is 0.710. The second-order valence-electron chi connectivity index (χ2n) is 5.74. The number of sulfonamides is 1. The molecule has 0 aliphatic carbocycles. The van der Waals surface area contributed by atoms with E-state index in [1.807, 2.05) is 0 Å². The van der Waals surface area contributed by atoms with Crippen LogP contribution in [0.25, 0.3) is 10.8 Å². The lowest BCUT2D eigenvalue weighted by Gasteiger charge is -2.13. The molecule has 3 aromatic carbocycles. The van der Waals surface area contributed by atoms with Gasteiger partial charge in [0, 0.05) is 28.1 Å². The van der Waals surface area contributed by atoms with Crippen molar-refractivity contribution in [3.8, 4) is 5.75 Å². The molecular formula is C18H13ClN2O4S. The van der Waals surface area contributed by atoms with Crippen molar-refractivity contribution in [3.63, 3.8) is 0 Å². The molecule has 132 valence electrons. The number of rotatable bonds is 4. The summed E-state index contributed by atoms with van der Waals surface area (Å²) in [6.07, 6.45) is 0. The van der Waals surface area contributed by atoms with Gasteiger partial charge in [-0.05, 0) is 30.3 Å². The van der Waals surface area contributed by atoms with Crippen molar-refractivity contribution in [2.45, 2.75) is 4.90 Å². The zero-order valence-electron chi connectivity index (χ0n) is 13.5. The Labute approximate surface area is 154 Å². The Balaban J connectivity index is 1.86. The Morgan fingerprint density at radius 3 is 2.69 bits per heavy atom. The van der Waals surface area contributed by atoms with E-state index in [0.29, 0.717) is 27.8 Å². The van der Waals surface area contributed by atoms with Gasteiger partial charge < -0.3 is 10.1 Å². The minimum Gasteiger partial charge on any atom is -0.497 e. The fourth-order valence-electron chi connectivity index (χ4n) is 3.01. The van der Waals surface area contributed by atoms with Crippen LogP contribution in [-0.4, -0.2) is 21.4 Å². The van der Waals surface area contributed by atoms with Crippen molar-refractivity contribution in [2.75, 3.05) is 17.1 Å². The number of carbonyl (C=O) groups is 1. The maximum atomic E-state index is 13.0. The normalized spacial score (nSPS) is 12.9. The minimum absolute atomic E-state index is 0.0634. The van der Waals surface area contributed by atoms with Crippen molar-refractivity contribution in [1.82, 2.24) is 0 Å². The third kappa shape index (κ3) is 2.56. The summed E-state index contributed by atoms with van der Waals surface area (Å²) in [5.74, 6) is 0.228. The Kier molecular flexibility index (Phi) is 3.78. The molecule has 26 heavy (non-hydrogen) atoms. The standard InChI is InChI=1S/C18H13ClN2O4S/c1-25-10-5-6-13(19)15(9-10)21-26(23,24)16-8-7-14-17-11(16)3-2-4-12(17)18(22)20-14/h2-9,21H,1H3,(H,20,22). The summed E-state index contributed by atoms with van der Waals surface area (Å²) in [5, 5.41) is 4.04. The molecule has 0 unspecified atom stereocenters. The van der Waals surface area contributed by atoms with Gasteiger partial charge in [0.2, 0.25) is 0 Å². The fourth-order valence-corrected chi connectivity index (χ4v) is 4.50. The summed E-state index contributed by atoms with van der Waals surface area (Å²) in [6, 6.07) is 12.7. The average molecular weight is 389 g/mol. The van der Waals surface area contributed by atoms with Crippen LogP contribution in [0.4, 0.5) is 11.4 Å². The van der Waals surface area contributed by atoms with Crippen LogP contribution >= 0.6 is 11.6 Å². The Morgan fingerprint density at radius 1 is 1.12 bits per heavy atom. The van der Waals surface area contributed by atoms with Gasteiger partial charge in [-0.15, -0.1) is 0 Å². The van der Waals surface area contributed by atoms with Gasteiger partial charge in [-0.1, -0.05) is 23.7 Å². The van der Waals surface area contributed by atoms with Gasteiger partial charge in [-0.3, -0.25) is 9.52 Å². The lowest BCUT2D eigenvalue weighted by Crippen LogP contribution is -2.14. The molecule has 0 aromatic heterocycles. The van der Waals surface area contributed by atoms with Crippen molar-refractivity contribution < 1.29 is 17.9 Å². The summed E-state index contributed by atoms with van der Waals surface area (Å²) in [7, 11) is -2.46. The second-order valence-corrected chi connectivity index (χ2v) is 7.80. The molecule has 0 saturated heterocycles. The molecule has 0 spiro atoms. The van der Waals surface area contributed by atoms with Crippen LogP contribution in [0, 0.1) is 0 Å².